The number of nitrogens with two attached hydrogens (primary N) is 1. The van der Waals surface area contributed by atoms with Gasteiger partial charge in [-0.2, -0.15) is 0 Å². The van der Waals surface area contributed by atoms with Crippen LogP contribution in [0.4, 0.5) is 0 Å². The van der Waals surface area contributed by atoms with Crippen molar-refractivity contribution < 1.29 is 15.0 Å². The highest BCUT2D eigenvalue weighted by Crippen LogP contribution is 2.33. The summed E-state index contributed by atoms with van der Waals surface area (Å²) in [6.45, 7) is 1.68. The van der Waals surface area contributed by atoms with Gasteiger partial charge in [0.1, 0.15) is 11.8 Å². The molecule has 0 bridgehead atoms. The lowest BCUT2D eigenvalue weighted by Gasteiger charge is -2.12. The maximum Gasteiger partial charge on any atom is 0.325 e. The molecule has 0 radical (unpaired) electrons. The number of rotatable bonds is 2. The smallest absolute Gasteiger partial charge is 0.325 e. The van der Waals surface area contributed by atoms with E-state index in [1.165, 1.54) is 0 Å². The minimum absolute atomic E-state index is 0.0747. The molecule has 1 rings (SSSR count). The van der Waals surface area contributed by atoms with Crippen molar-refractivity contribution in [3.63, 3.8) is 0 Å². The van der Waals surface area contributed by atoms with Crippen LogP contribution in [0.2, 0.25) is 0 Å². The number of aliphatic carboxylic acids is 1. The third kappa shape index (κ3) is 1.88. The maximum absolute atomic E-state index is 10.7. The molecular weight excluding hydrogens is 250 g/mol. The monoisotopic (exact) mass is 259 g/mol. The predicted molar refractivity (Wildman–Crippen MR) is 55.1 cm³/mol. The van der Waals surface area contributed by atoms with Crippen molar-refractivity contribution >= 4 is 21.9 Å². The molecule has 1 atom stereocenters. The number of hydrogen-bond acceptors (Lipinski definition) is 3. The van der Waals surface area contributed by atoms with Crippen LogP contribution in [0.15, 0.2) is 16.6 Å². The summed E-state index contributed by atoms with van der Waals surface area (Å²) in [7, 11) is 0. The van der Waals surface area contributed by atoms with Gasteiger partial charge in [0.25, 0.3) is 0 Å². The standard InChI is InChI=1S/C9H10BrNO3/c1-4-2-3-5(10)6(8(4)12)7(11)9(13)14/h2-3,7,12H,11H2,1H3,(H,13,14). The Morgan fingerprint density at radius 1 is 1.57 bits per heavy atom. The number of carboxylic acid groups (broad SMARTS) is 1. The molecule has 0 spiro atoms. The molecule has 5 heteroatoms. The van der Waals surface area contributed by atoms with Crippen LogP contribution in [0, 0.1) is 6.92 Å². The van der Waals surface area contributed by atoms with Crippen molar-refractivity contribution in [1.29, 1.82) is 0 Å². The van der Waals surface area contributed by atoms with Crippen molar-refractivity contribution in [2.45, 2.75) is 13.0 Å². The van der Waals surface area contributed by atoms with E-state index in [1.807, 2.05) is 0 Å². The third-order valence-corrected chi connectivity index (χ3v) is 2.63. The van der Waals surface area contributed by atoms with E-state index in [0.717, 1.165) is 0 Å². The second-order valence-corrected chi connectivity index (χ2v) is 3.80. The quantitative estimate of drug-likeness (QED) is 0.753. The zero-order valence-electron chi connectivity index (χ0n) is 7.49. The molecule has 1 aromatic rings. The van der Waals surface area contributed by atoms with Gasteiger partial charge < -0.3 is 15.9 Å². The van der Waals surface area contributed by atoms with Crippen LogP contribution in [0.3, 0.4) is 0 Å². The van der Waals surface area contributed by atoms with E-state index in [2.05, 4.69) is 15.9 Å². The zero-order valence-corrected chi connectivity index (χ0v) is 9.08. The van der Waals surface area contributed by atoms with Crippen LogP contribution in [0.1, 0.15) is 17.2 Å². The molecule has 0 aliphatic heterocycles. The molecular formula is C9H10BrNO3. The summed E-state index contributed by atoms with van der Waals surface area (Å²) in [5, 5.41) is 18.3. The Bertz CT molecular complexity index is 379. The van der Waals surface area contributed by atoms with Crippen LogP contribution in [-0.4, -0.2) is 16.2 Å². The van der Waals surface area contributed by atoms with Crippen LogP contribution < -0.4 is 5.73 Å². The lowest BCUT2D eigenvalue weighted by Crippen LogP contribution is -2.21. The highest BCUT2D eigenvalue weighted by Gasteiger charge is 2.21. The second-order valence-electron chi connectivity index (χ2n) is 2.94. The van der Waals surface area contributed by atoms with Gasteiger partial charge in [-0.05, 0) is 18.6 Å². The summed E-state index contributed by atoms with van der Waals surface area (Å²) in [6, 6.07) is 2.12. The normalized spacial score (nSPS) is 12.5. The summed E-state index contributed by atoms with van der Waals surface area (Å²) in [6.07, 6.45) is 0. The van der Waals surface area contributed by atoms with Gasteiger partial charge >= 0.3 is 5.97 Å². The number of halogens is 1. The topological polar surface area (TPSA) is 83.6 Å². The summed E-state index contributed by atoms with van der Waals surface area (Å²) in [4.78, 5) is 10.7. The fraction of sp³-hybridized carbons (Fsp3) is 0.222. The van der Waals surface area contributed by atoms with Crippen LogP contribution in [-0.2, 0) is 4.79 Å². The van der Waals surface area contributed by atoms with Crippen molar-refractivity contribution in [1.82, 2.24) is 0 Å². The summed E-state index contributed by atoms with van der Waals surface area (Å²) >= 11 is 3.15. The molecule has 1 unspecified atom stereocenters. The maximum atomic E-state index is 10.7. The van der Waals surface area contributed by atoms with Crippen molar-refractivity contribution in [3.8, 4) is 5.75 Å². The van der Waals surface area contributed by atoms with Crippen molar-refractivity contribution in [3.05, 3.63) is 27.7 Å². The SMILES string of the molecule is Cc1ccc(Br)c(C(N)C(=O)O)c1O. The number of phenolic OH excluding ortho intramolecular Hbond substituents is 1. The van der Waals surface area contributed by atoms with Gasteiger partial charge in [0.2, 0.25) is 0 Å². The summed E-state index contributed by atoms with van der Waals surface area (Å²) < 4.78 is 0.496. The number of benzene rings is 1. The Hall–Kier alpha value is -1.07. The summed E-state index contributed by atoms with van der Waals surface area (Å²) in [5.41, 5.74) is 6.22. The van der Waals surface area contributed by atoms with Crippen LogP contribution in [0.25, 0.3) is 0 Å². The first kappa shape index (κ1) is 11.0. The van der Waals surface area contributed by atoms with Gasteiger partial charge in [0, 0.05) is 10.0 Å². The second kappa shape index (κ2) is 3.98. The fourth-order valence-electron chi connectivity index (χ4n) is 1.11. The van der Waals surface area contributed by atoms with Gasteiger partial charge in [0.15, 0.2) is 0 Å². The number of aryl methyl sites for hydroxylation is 1. The van der Waals surface area contributed by atoms with Crippen LogP contribution in [0.5, 0.6) is 5.75 Å². The van der Waals surface area contributed by atoms with E-state index in [1.54, 1.807) is 19.1 Å². The average molecular weight is 260 g/mol. The Morgan fingerprint density at radius 3 is 2.64 bits per heavy atom. The molecule has 0 fully saturated rings. The Balaban J connectivity index is 3.32. The fourth-order valence-corrected chi connectivity index (χ4v) is 1.68. The first-order chi connectivity index (χ1) is 6.45. The van der Waals surface area contributed by atoms with Gasteiger partial charge in [-0.1, -0.05) is 22.0 Å². The van der Waals surface area contributed by atoms with Gasteiger partial charge in [-0.25, -0.2) is 0 Å². The summed E-state index contributed by atoms with van der Waals surface area (Å²) in [5.74, 6) is -1.25. The molecule has 1 aromatic carbocycles. The highest BCUT2D eigenvalue weighted by atomic mass is 79.9. The third-order valence-electron chi connectivity index (χ3n) is 1.94. The molecule has 0 saturated carbocycles. The molecule has 0 aromatic heterocycles. The van der Waals surface area contributed by atoms with E-state index in [0.29, 0.717) is 10.0 Å². The Morgan fingerprint density at radius 2 is 2.14 bits per heavy atom. The Labute approximate surface area is 89.5 Å². The first-order valence-corrected chi connectivity index (χ1v) is 4.70. The van der Waals surface area contributed by atoms with E-state index >= 15 is 0 Å². The minimum Gasteiger partial charge on any atom is -0.507 e. The number of carboxylic acids is 1. The molecule has 4 nitrogen and oxygen atoms in total. The molecule has 4 N–H and O–H groups in total. The average Bonchev–Trinajstić information content (AvgIpc) is 2.12. The van der Waals surface area contributed by atoms with E-state index in [4.69, 9.17) is 10.8 Å². The van der Waals surface area contributed by atoms with E-state index in [-0.39, 0.29) is 11.3 Å². The molecule has 14 heavy (non-hydrogen) atoms. The molecule has 0 saturated heterocycles. The van der Waals surface area contributed by atoms with Gasteiger partial charge in [-0.15, -0.1) is 0 Å². The van der Waals surface area contributed by atoms with E-state index in [9.17, 15) is 9.90 Å². The molecule has 0 aliphatic rings. The number of carbonyl (C=O) groups is 1. The minimum atomic E-state index is -1.22. The van der Waals surface area contributed by atoms with Gasteiger partial charge in [-0.3, -0.25) is 4.79 Å². The molecule has 0 amide bonds. The Kier molecular flexibility index (Phi) is 3.13. The number of hydrogen-bond donors (Lipinski definition) is 3. The number of phenols is 1. The number of aromatic hydroxyl groups is 1. The highest BCUT2D eigenvalue weighted by molar-refractivity contribution is 9.10. The molecule has 0 heterocycles. The lowest BCUT2D eigenvalue weighted by atomic mass is 10.0. The largest absolute Gasteiger partial charge is 0.507 e. The van der Waals surface area contributed by atoms with E-state index < -0.39 is 12.0 Å². The zero-order chi connectivity index (χ0) is 10.9. The first-order valence-electron chi connectivity index (χ1n) is 3.91. The van der Waals surface area contributed by atoms with Crippen molar-refractivity contribution in [2.75, 3.05) is 0 Å². The molecule has 0 aliphatic carbocycles. The molecule has 76 valence electrons. The lowest BCUT2D eigenvalue weighted by molar-refractivity contribution is -0.138. The van der Waals surface area contributed by atoms with Crippen molar-refractivity contribution in [2.24, 2.45) is 5.73 Å². The van der Waals surface area contributed by atoms with Gasteiger partial charge in [0.05, 0.1) is 0 Å². The van der Waals surface area contributed by atoms with Crippen LogP contribution >= 0.6 is 15.9 Å². The predicted octanol–water partition coefficient (Wildman–Crippen LogP) is 1.55.